The van der Waals surface area contributed by atoms with E-state index >= 15 is 0 Å². The third-order valence-corrected chi connectivity index (χ3v) is 2.94. The summed E-state index contributed by atoms with van der Waals surface area (Å²) in [5, 5.41) is 9.10. The zero-order valence-corrected chi connectivity index (χ0v) is 11.0. The van der Waals surface area contributed by atoms with E-state index in [9.17, 15) is 14.0 Å². The first kappa shape index (κ1) is 14.7. The normalized spacial score (nSPS) is 24.8. The van der Waals surface area contributed by atoms with E-state index in [4.69, 9.17) is 9.84 Å². The van der Waals surface area contributed by atoms with Crippen LogP contribution in [0.4, 0.5) is 9.18 Å². The van der Waals surface area contributed by atoms with Gasteiger partial charge in [-0.2, -0.15) is 0 Å². The summed E-state index contributed by atoms with van der Waals surface area (Å²) in [5.41, 5.74) is -2.12. The zero-order chi connectivity index (χ0) is 14.0. The number of carbonyl (C=O) groups excluding carboxylic acids is 1. The molecule has 104 valence electrons. The van der Waals surface area contributed by atoms with Crippen LogP contribution in [-0.4, -0.2) is 47.4 Å². The van der Waals surface area contributed by atoms with Gasteiger partial charge in [-0.05, 0) is 33.6 Å². The number of amides is 1. The fourth-order valence-corrected chi connectivity index (χ4v) is 1.95. The monoisotopic (exact) mass is 261 g/mol. The third kappa shape index (κ3) is 3.34. The molecule has 1 unspecified atom stereocenters. The van der Waals surface area contributed by atoms with E-state index < -0.39 is 29.8 Å². The minimum Gasteiger partial charge on any atom is -0.481 e. The van der Waals surface area contributed by atoms with Crippen LogP contribution in [0.15, 0.2) is 0 Å². The SMILES string of the molecule is CC(C)(C)OC(=O)N1CCCC(CF)(C(=O)O)C1. The molecule has 0 aromatic rings. The standard InChI is InChI=1S/C12H20FNO4/c1-11(2,3)18-10(17)14-6-4-5-12(7-13,8-14)9(15)16/h4-8H2,1-3H3,(H,15,16). The van der Waals surface area contributed by atoms with E-state index in [-0.39, 0.29) is 13.0 Å². The lowest BCUT2D eigenvalue weighted by Gasteiger charge is -2.38. The summed E-state index contributed by atoms with van der Waals surface area (Å²) in [6.45, 7) is 4.50. The van der Waals surface area contributed by atoms with Gasteiger partial charge in [0, 0.05) is 13.1 Å². The minimum atomic E-state index is -1.48. The van der Waals surface area contributed by atoms with Crippen LogP contribution < -0.4 is 0 Å². The van der Waals surface area contributed by atoms with Gasteiger partial charge in [-0.3, -0.25) is 4.79 Å². The number of ether oxygens (including phenoxy) is 1. The maximum atomic E-state index is 13.0. The summed E-state index contributed by atoms with van der Waals surface area (Å²) >= 11 is 0. The molecular formula is C12H20FNO4. The molecule has 1 rings (SSSR count). The van der Waals surface area contributed by atoms with Crippen molar-refractivity contribution in [2.24, 2.45) is 5.41 Å². The first-order valence-corrected chi connectivity index (χ1v) is 5.97. The fourth-order valence-electron chi connectivity index (χ4n) is 1.95. The summed E-state index contributed by atoms with van der Waals surface area (Å²) in [6.07, 6.45) is 0.134. The number of carboxylic acid groups (broad SMARTS) is 1. The lowest BCUT2D eigenvalue weighted by atomic mass is 9.81. The molecule has 6 heteroatoms. The number of aliphatic carboxylic acids is 1. The molecule has 0 aliphatic carbocycles. The van der Waals surface area contributed by atoms with Crippen molar-refractivity contribution in [2.45, 2.75) is 39.2 Å². The van der Waals surface area contributed by atoms with Gasteiger partial charge in [0.15, 0.2) is 0 Å². The summed E-state index contributed by atoms with van der Waals surface area (Å²) < 4.78 is 18.2. The van der Waals surface area contributed by atoms with Crippen LogP contribution in [0.2, 0.25) is 0 Å². The number of likely N-dealkylation sites (tertiary alicyclic amines) is 1. The van der Waals surface area contributed by atoms with E-state index in [2.05, 4.69) is 0 Å². The number of hydrogen-bond donors (Lipinski definition) is 1. The molecule has 0 bridgehead atoms. The molecule has 0 radical (unpaired) electrons. The number of halogens is 1. The number of nitrogens with zero attached hydrogens (tertiary/aromatic N) is 1. The molecular weight excluding hydrogens is 241 g/mol. The number of carbonyl (C=O) groups is 2. The highest BCUT2D eigenvalue weighted by atomic mass is 19.1. The summed E-state index contributed by atoms with van der Waals surface area (Å²) in [5.74, 6) is -1.20. The second-order valence-corrected chi connectivity index (χ2v) is 5.72. The van der Waals surface area contributed by atoms with E-state index in [0.29, 0.717) is 13.0 Å². The van der Waals surface area contributed by atoms with Crippen LogP contribution in [0.3, 0.4) is 0 Å². The Kier molecular flexibility index (Phi) is 4.19. The Balaban J connectivity index is 2.75. The first-order valence-electron chi connectivity index (χ1n) is 5.97. The van der Waals surface area contributed by atoms with Crippen molar-refractivity contribution in [3.8, 4) is 0 Å². The number of hydrogen-bond acceptors (Lipinski definition) is 3. The molecule has 1 saturated heterocycles. The highest BCUT2D eigenvalue weighted by Crippen LogP contribution is 2.31. The minimum absolute atomic E-state index is 0.131. The Hall–Kier alpha value is -1.33. The highest BCUT2D eigenvalue weighted by Gasteiger charge is 2.44. The predicted molar refractivity (Wildman–Crippen MR) is 63.1 cm³/mol. The molecule has 1 aliphatic rings. The van der Waals surface area contributed by atoms with Crippen molar-refractivity contribution in [3.63, 3.8) is 0 Å². The first-order chi connectivity index (χ1) is 8.20. The lowest BCUT2D eigenvalue weighted by molar-refractivity contribution is -0.153. The molecule has 1 amide bonds. The van der Waals surface area contributed by atoms with Crippen molar-refractivity contribution >= 4 is 12.1 Å². The van der Waals surface area contributed by atoms with Crippen molar-refractivity contribution < 1.29 is 23.8 Å². The number of piperidine rings is 1. The molecule has 0 aromatic carbocycles. The largest absolute Gasteiger partial charge is 0.481 e. The van der Waals surface area contributed by atoms with Gasteiger partial charge < -0.3 is 14.7 Å². The van der Waals surface area contributed by atoms with Crippen molar-refractivity contribution in [1.82, 2.24) is 4.90 Å². The van der Waals surface area contributed by atoms with Crippen LogP contribution in [0.25, 0.3) is 0 Å². The number of carboxylic acids is 1. The van der Waals surface area contributed by atoms with Gasteiger partial charge in [0.25, 0.3) is 0 Å². The van der Waals surface area contributed by atoms with Crippen LogP contribution in [-0.2, 0) is 9.53 Å². The Labute approximate surface area is 106 Å². The van der Waals surface area contributed by atoms with Crippen LogP contribution in [0.5, 0.6) is 0 Å². The third-order valence-electron chi connectivity index (χ3n) is 2.94. The topological polar surface area (TPSA) is 66.8 Å². The van der Waals surface area contributed by atoms with Crippen LogP contribution in [0, 0.1) is 5.41 Å². The van der Waals surface area contributed by atoms with E-state index in [1.54, 1.807) is 20.8 Å². The Bertz CT molecular complexity index is 339. The summed E-state index contributed by atoms with van der Waals surface area (Å²) in [4.78, 5) is 24.3. The molecule has 1 heterocycles. The highest BCUT2D eigenvalue weighted by molar-refractivity contribution is 5.77. The molecule has 0 aromatic heterocycles. The van der Waals surface area contributed by atoms with E-state index in [0.717, 1.165) is 0 Å². The Morgan fingerprint density at radius 1 is 1.44 bits per heavy atom. The Morgan fingerprint density at radius 3 is 2.50 bits per heavy atom. The fraction of sp³-hybridized carbons (Fsp3) is 0.833. The molecule has 1 atom stereocenters. The second kappa shape index (κ2) is 5.12. The maximum Gasteiger partial charge on any atom is 0.410 e. The average molecular weight is 261 g/mol. The molecule has 1 aliphatic heterocycles. The lowest BCUT2D eigenvalue weighted by Crippen LogP contribution is -2.52. The van der Waals surface area contributed by atoms with Gasteiger partial charge in [0.2, 0.25) is 0 Å². The molecule has 1 fully saturated rings. The molecule has 0 saturated carbocycles. The van der Waals surface area contributed by atoms with Crippen molar-refractivity contribution in [2.75, 3.05) is 19.8 Å². The number of alkyl halides is 1. The van der Waals surface area contributed by atoms with Crippen molar-refractivity contribution in [1.29, 1.82) is 0 Å². The summed E-state index contributed by atoms with van der Waals surface area (Å²) in [6, 6.07) is 0. The second-order valence-electron chi connectivity index (χ2n) is 5.72. The van der Waals surface area contributed by atoms with Crippen LogP contribution >= 0.6 is 0 Å². The van der Waals surface area contributed by atoms with Gasteiger partial charge >= 0.3 is 12.1 Å². The number of rotatable bonds is 2. The van der Waals surface area contributed by atoms with Gasteiger partial charge in [-0.25, -0.2) is 9.18 Å². The van der Waals surface area contributed by atoms with Gasteiger partial charge in [-0.15, -0.1) is 0 Å². The van der Waals surface area contributed by atoms with Crippen molar-refractivity contribution in [3.05, 3.63) is 0 Å². The predicted octanol–water partition coefficient (Wildman–Crippen LogP) is 2.06. The van der Waals surface area contributed by atoms with E-state index in [1.807, 2.05) is 0 Å². The maximum absolute atomic E-state index is 13.0. The average Bonchev–Trinajstić information content (AvgIpc) is 2.26. The Morgan fingerprint density at radius 2 is 2.06 bits per heavy atom. The van der Waals surface area contributed by atoms with Gasteiger partial charge in [-0.1, -0.05) is 0 Å². The van der Waals surface area contributed by atoms with Gasteiger partial charge in [0.1, 0.15) is 17.7 Å². The molecule has 1 N–H and O–H groups in total. The quantitative estimate of drug-likeness (QED) is 0.826. The smallest absolute Gasteiger partial charge is 0.410 e. The van der Waals surface area contributed by atoms with Gasteiger partial charge in [0.05, 0.1) is 0 Å². The summed E-state index contributed by atoms with van der Waals surface area (Å²) in [7, 11) is 0. The zero-order valence-electron chi connectivity index (χ0n) is 11.0. The van der Waals surface area contributed by atoms with E-state index in [1.165, 1.54) is 4.90 Å². The molecule has 0 spiro atoms. The van der Waals surface area contributed by atoms with Crippen LogP contribution in [0.1, 0.15) is 33.6 Å². The molecule has 5 nitrogen and oxygen atoms in total. The molecule has 18 heavy (non-hydrogen) atoms.